The van der Waals surface area contributed by atoms with Gasteiger partial charge >= 0.3 is 0 Å². The van der Waals surface area contributed by atoms with E-state index in [4.69, 9.17) is 4.74 Å². The molecule has 1 saturated heterocycles. The SMILES string of the molecule is O=[N+]([O-])c1csc(CC2COC2)c1. The molecule has 0 N–H and O–H groups in total. The van der Waals surface area contributed by atoms with Crippen LogP contribution in [0.2, 0.25) is 0 Å². The standard InChI is InChI=1S/C8H9NO3S/c10-9(11)7-2-8(13-5-7)1-6-3-12-4-6/h2,5-6H,1,3-4H2. The minimum absolute atomic E-state index is 0.209. The summed E-state index contributed by atoms with van der Waals surface area (Å²) < 4.78 is 5.03. The second-order valence-electron chi connectivity index (χ2n) is 3.14. The van der Waals surface area contributed by atoms with Crippen LogP contribution in [0.3, 0.4) is 0 Å². The van der Waals surface area contributed by atoms with Crippen molar-refractivity contribution in [2.24, 2.45) is 5.92 Å². The third-order valence-corrected chi connectivity index (χ3v) is 2.99. The maximum atomic E-state index is 10.4. The number of thiophene rings is 1. The maximum absolute atomic E-state index is 10.4. The third-order valence-electron chi connectivity index (χ3n) is 2.05. The van der Waals surface area contributed by atoms with E-state index in [0.717, 1.165) is 24.5 Å². The summed E-state index contributed by atoms with van der Waals surface area (Å²) in [6.07, 6.45) is 0.915. The van der Waals surface area contributed by atoms with Gasteiger partial charge in [0.25, 0.3) is 5.69 Å². The van der Waals surface area contributed by atoms with E-state index in [-0.39, 0.29) is 10.6 Å². The van der Waals surface area contributed by atoms with Crippen molar-refractivity contribution in [3.05, 3.63) is 26.4 Å². The molecule has 0 bridgehead atoms. The molecule has 5 heteroatoms. The average Bonchev–Trinajstić information content (AvgIpc) is 2.44. The van der Waals surface area contributed by atoms with Gasteiger partial charge in [-0.15, -0.1) is 11.3 Å². The summed E-state index contributed by atoms with van der Waals surface area (Å²) in [6.45, 7) is 1.59. The Balaban J connectivity index is 2.00. The van der Waals surface area contributed by atoms with Crippen molar-refractivity contribution in [1.82, 2.24) is 0 Å². The van der Waals surface area contributed by atoms with Crippen LogP contribution in [0.25, 0.3) is 0 Å². The molecule has 4 nitrogen and oxygen atoms in total. The molecule has 2 rings (SSSR count). The summed E-state index contributed by atoms with van der Waals surface area (Å²) in [5.74, 6) is 0.568. The molecule has 0 unspecified atom stereocenters. The molecule has 0 aliphatic carbocycles. The first-order valence-electron chi connectivity index (χ1n) is 4.05. The van der Waals surface area contributed by atoms with Crippen molar-refractivity contribution in [3.63, 3.8) is 0 Å². The van der Waals surface area contributed by atoms with Crippen LogP contribution < -0.4 is 0 Å². The number of nitrogens with zero attached hydrogens (tertiary/aromatic N) is 1. The molecule has 0 amide bonds. The van der Waals surface area contributed by atoms with Gasteiger partial charge in [0.2, 0.25) is 0 Å². The van der Waals surface area contributed by atoms with E-state index in [9.17, 15) is 10.1 Å². The zero-order valence-corrected chi connectivity index (χ0v) is 7.75. The zero-order valence-electron chi connectivity index (χ0n) is 6.93. The number of nitro groups is 1. The number of rotatable bonds is 3. The van der Waals surface area contributed by atoms with Crippen molar-refractivity contribution in [2.45, 2.75) is 6.42 Å². The van der Waals surface area contributed by atoms with Crippen LogP contribution in [-0.4, -0.2) is 18.1 Å². The van der Waals surface area contributed by atoms with Gasteiger partial charge in [-0.05, 0) is 6.42 Å². The first-order chi connectivity index (χ1) is 6.25. The van der Waals surface area contributed by atoms with Crippen LogP contribution in [0.4, 0.5) is 5.69 Å². The predicted molar refractivity (Wildman–Crippen MR) is 49.0 cm³/mol. The summed E-state index contributed by atoms with van der Waals surface area (Å²) in [5.41, 5.74) is 0.209. The molecule has 0 saturated carbocycles. The first kappa shape index (κ1) is 8.65. The van der Waals surface area contributed by atoms with Crippen LogP contribution in [0.1, 0.15) is 4.88 Å². The van der Waals surface area contributed by atoms with Crippen molar-refractivity contribution in [3.8, 4) is 0 Å². The Morgan fingerprint density at radius 2 is 2.46 bits per heavy atom. The molecule has 0 atom stereocenters. The monoisotopic (exact) mass is 199 g/mol. The molecule has 0 radical (unpaired) electrons. The van der Waals surface area contributed by atoms with Gasteiger partial charge in [-0.1, -0.05) is 0 Å². The first-order valence-corrected chi connectivity index (χ1v) is 4.93. The van der Waals surface area contributed by atoms with Crippen molar-refractivity contribution in [2.75, 3.05) is 13.2 Å². The minimum atomic E-state index is -0.350. The molecule has 70 valence electrons. The second kappa shape index (κ2) is 3.43. The topological polar surface area (TPSA) is 52.4 Å². The molecule has 2 heterocycles. The molecule has 1 aromatic heterocycles. The van der Waals surface area contributed by atoms with E-state index in [2.05, 4.69) is 0 Å². The van der Waals surface area contributed by atoms with Crippen molar-refractivity contribution < 1.29 is 9.66 Å². The molecule has 0 spiro atoms. The van der Waals surface area contributed by atoms with Crippen LogP contribution in [0.5, 0.6) is 0 Å². The largest absolute Gasteiger partial charge is 0.381 e. The molecule has 1 fully saturated rings. The summed E-state index contributed by atoms with van der Waals surface area (Å²) >= 11 is 1.46. The quantitative estimate of drug-likeness (QED) is 0.551. The van der Waals surface area contributed by atoms with E-state index >= 15 is 0 Å². The van der Waals surface area contributed by atoms with Gasteiger partial charge in [-0.25, -0.2) is 0 Å². The van der Waals surface area contributed by atoms with E-state index < -0.39 is 0 Å². The number of hydrogen-bond acceptors (Lipinski definition) is 4. The van der Waals surface area contributed by atoms with Gasteiger partial charge in [-0.3, -0.25) is 10.1 Å². The Bertz CT molecular complexity index is 319. The van der Waals surface area contributed by atoms with Gasteiger partial charge in [0.05, 0.1) is 23.5 Å². The molecular formula is C8H9NO3S. The van der Waals surface area contributed by atoms with E-state index in [1.165, 1.54) is 11.3 Å². The van der Waals surface area contributed by atoms with Gasteiger partial charge in [-0.2, -0.15) is 0 Å². The van der Waals surface area contributed by atoms with E-state index in [0.29, 0.717) is 5.92 Å². The lowest BCUT2D eigenvalue weighted by atomic mass is 10.0. The minimum Gasteiger partial charge on any atom is -0.381 e. The van der Waals surface area contributed by atoms with Gasteiger partial charge in [0.1, 0.15) is 0 Å². The third kappa shape index (κ3) is 1.87. The fourth-order valence-electron chi connectivity index (χ4n) is 1.26. The van der Waals surface area contributed by atoms with Gasteiger partial charge in [0.15, 0.2) is 0 Å². The summed E-state index contributed by atoms with van der Waals surface area (Å²) in [7, 11) is 0. The number of hydrogen-bond donors (Lipinski definition) is 0. The highest BCUT2D eigenvalue weighted by atomic mass is 32.1. The van der Waals surface area contributed by atoms with Crippen LogP contribution in [0.15, 0.2) is 11.4 Å². The van der Waals surface area contributed by atoms with E-state index in [1.807, 2.05) is 0 Å². The molecule has 0 aromatic carbocycles. The van der Waals surface area contributed by atoms with E-state index in [1.54, 1.807) is 11.4 Å². The number of ether oxygens (including phenoxy) is 1. The lowest BCUT2D eigenvalue weighted by Crippen LogP contribution is -2.28. The smallest absolute Gasteiger partial charge is 0.280 e. The van der Waals surface area contributed by atoms with Gasteiger partial charge < -0.3 is 4.74 Å². The Hall–Kier alpha value is -0.940. The Labute approximate surface area is 79.3 Å². The van der Waals surface area contributed by atoms with Crippen molar-refractivity contribution in [1.29, 1.82) is 0 Å². The lowest BCUT2D eigenvalue weighted by molar-refractivity contribution is -0.384. The normalized spacial score (nSPS) is 16.9. The van der Waals surface area contributed by atoms with Gasteiger partial charge in [0, 0.05) is 16.9 Å². The Morgan fingerprint density at radius 3 is 2.92 bits per heavy atom. The fraction of sp³-hybridized carbons (Fsp3) is 0.500. The van der Waals surface area contributed by atoms with Crippen LogP contribution in [-0.2, 0) is 11.2 Å². The molecular weight excluding hydrogens is 190 g/mol. The fourth-order valence-corrected chi connectivity index (χ4v) is 2.21. The summed E-state index contributed by atoms with van der Waals surface area (Å²) in [4.78, 5) is 11.1. The average molecular weight is 199 g/mol. The molecule has 13 heavy (non-hydrogen) atoms. The van der Waals surface area contributed by atoms with Crippen LogP contribution >= 0.6 is 11.3 Å². The lowest BCUT2D eigenvalue weighted by Gasteiger charge is -2.24. The second-order valence-corrected chi connectivity index (χ2v) is 4.13. The van der Waals surface area contributed by atoms with Crippen molar-refractivity contribution >= 4 is 17.0 Å². The highest BCUT2D eigenvalue weighted by Crippen LogP contribution is 2.25. The highest BCUT2D eigenvalue weighted by Gasteiger charge is 2.20. The molecule has 1 aromatic rings. The zero-order chi connectivity index (χ0) is 9.26. The summed E-state index contributed by atoms with van der Waals surface area (Å²) in [5, 5.41) is 12.0. The highest BCUT2D eigenvalue weighted by molar-refractivity contribution is 7.10. The molecule has 1 aliphatic heterocycles. The van der Waals surface area contributed by atoms with Crippen LogP contribution in [0, 0.1) is 16.0 Å². The molecule has 1 aliphatic rings. The maximum Gasteiger partial charge on any atom is 0.280 e. The Kier molecular flexibility index (Phi) is 2.28. The Morgan fingerprint density at radius 1 is 1.69 bits per heavy atom. The predicted octanol–water partition coefficient (Wildman–Crippen LogP) is 1.85. The summed E-state index contributed by atoms with van der Waals surface area (Å²) in [6, 6.07) is 1.66.